The van der Waals surface area contributed by atoms with Crippen molar-refractivity contribution in [1.29, 1.82) is 0 Å². The van der Waals surface area contributed by atoms with Crippen molar-refractivity contribution in [3.63, 3.8) is 0 Å². The number of nitrogens with zero attached hydrogens (tertiary/aromatic N) is 2. The molecule has 1 saturated carbocycles. The van der Waals surface area contributed by atoms with E-state index in [2.05, 4.69) is 41.4 Å². The van der Waals surface area contributed by atoms with Crippen LogP contribution in [-0.2, 0) is 0 Å². The molecule has 0 bridgehead atoms. The Morgan fingerprint density at radius 1 is 1.10 bits per heavy atom. The minimum absolute atomic E-state index is 0.350. The molecule has 118 valence electrons. The Morgan fingerprint density at radius 2 is 1.76 bits per heavy atom. The van der Waals surface area contributed by atoms with Crippen LogP contribution in [0.5, 0.6) is 0 Å². The molecule has 2 N–H and O–H groups in total. The fraction of sp³-hybridized carbons (Fsp3) is 0.765. The summed E-state index contributed by atoms with van der Waals surface area (Å²) in [5.41, 5.74) is 0. The number of rotatable bonds is 7. The van der Waals surface area contributed by atoms with Gasteiger partial charge in [-0.1, -0.05) is 46.0 Å². The molecule has 0 spiro atoms. The first-order valence-corrected chi connectivity index (χ1v) is 8.55. The number of nitrogens with one attached hydrogen (secondary N) is 2. The maximum Gasteiger partial charge on any atom is 0.135 e. The van der Waals surface area contributed by atoms with Crippen LogP contribution in [-0.4, -0.2) is 23.1 Å². The zero-order chi connectivity index (χ0) is 15.1. The molecule has 0 amide bonds. The van der Waals surface area contributed by atoms with Crippen LogP contribution in [0.25, 0.3) is 0 Å². The smallest absolute Gasteiger partial charge is 0.135 e. The lowest BCUT2D eigenvalue weighted by molar-refractivity contribution is 0.345. The number of aromatic nitrogens is 2. The van der Waals surface area contributed by atoms with Crippen LogP contribution in [0.1, 0.15) is 71.0 Å². The van der Waals surface area contributed by atoms with E-state index in [0.29, 0.717) is 5.92 Å². The van der Waals surface area contributed by atoms with Crippen molar-refractivity contribution in [1.82, 2.24) is 9.97 Å². The summed E-state index contributed by atoms with van der Waals surface area (Å²) >= 11 is 0. The quantitative estimate of drug-likeness (QED) is 0.780. The summed E-state index contributed by atoms with van der Waals surface area (Å²) in [6.07, 6.45) is 8.34. The minimum Gasteiger partial charge on any atom is -0.370 e. The number of anilines is 2. The van der Waals surface area contributed by atoms with Gasteiger partial charge in [0, 0.05) is 25.1 Å². The number of hydrogen-bond donors (Lipinski definition) is 2. The summed E-state index contributed by atoms with van der Waals surface area (Å²) in [5, 5.41) is 6.79. The van der Waals surface area contributed by atoms with Crippen molar-refractivity contribution in [2.75, 3.05) is 23.7 Å². The summed E-state index contributed by atoms with van der Waals surface area (Å²) in [6, 6.07) is 2.02. The largest absolute Gasteiger partial charge is 0.370 e. The molecular weight excluding hydrogens is 260 g/mol. The number of hydrogen-bond acceptors (Lipinski definition) is 4. The van der Waals surface area contributed by atoms with Crippen LogP contribution in [0.2, 0.25) is 0 Å². The van der Waals surface area contributed by atoms with Gasteiger partial charge in [0.25, 0.3) is 0 Å². The highest BCUT2D eigenvalue weighted by Crippen LogP contribution is 2.26. The van der Waals surface area contributed by atoms with Gasteiger partial charge in [-0.25, -0.2) is 9.97 Å². The van der Waals surface area contributed by atoms with Crippen molar-refractivity contribution in [3.8, 4) is 0 Å². The van der Waals surface area contributed by atoms with Crippen molar-refractivity contribution < 1.29 is 0 Å². The van der Waals surface area contributed by atoms with E-state index >= 15 is 0 Å². The second-order valence-corrected chi connectivity index (χ2v) is 6.40. The summed E-state index contributed by atoms with van der Waals surface area (Å²) in [6.45, 7) is 8.27. The van der Waals surface area contributed by atoms with Gasteiger partial charge < -0.3 is 10.6 Å². The summed E-state index contributed by atoms with van der Waals surface area (Å²) < 4.78 is 0. The Labute approximate surface area is 129 Å². The Balaban J connectivity index is 1.91. The van der Waals surface area contributed by atoms with Gasteiger partial charge in [0.1, 0.15) is 17.5 Å². The predicted octanol–water partition coefficient (Wildman–Crippen LogP) is 4.41. The maximum atomic E-state index is 4.64. The molecule has 1 heterocycles. The molecule has 0 radical (unpaired) electrons. The van der Waals surface area contributed by atoms with E-state index in [9.17, 15) is 0 Å². The van der Waals surface area contributed by atoms with E-state index in [1.54, 1.807) is 0 Å². The van der Waals surface area contributed by atoms with Crippen LogP contribution in [0.15, 0.2) is 6.07 Å². The van der Waals surface area contributed by atoms with Crippen LogP contribution in [0.4, 0.5) is 11.6 Å². The standard InChI is InChI=1S/C17H30N4/c1-4-18-15-12-16(21-17(20-15)13(2)3)19-11-10-14-8-6-5-7-9-14/h12-14H,4-11H2,1-3H3,(H2,18,19,20,21). The van der Waals surface area contributed by atoms with Crippen LogP contribution < -0.4 is 10.6 Å². The van der Waals surface area contributed by atoms with E-state index in [0.717, 1.165) is 36.5 Å². The Bertz CT molecular complexity index is 425. The van der Waals surface area contributed by atoms with Gasteiger partial charge in [0.15, 0.2) is 0 Å². The highest BCUT2D eigenvalue weighted by atomic mass is 15.1. The van der Waals surface area contributed by atoms with Crippen molar-refractivity contribution in [2.24, 2.45) is 5.92 Å². The average Bonchev–Trinajstić information content (AvgIpc) is 2.48. The molecule has 0 aromatic carbocycles. The first kappa shape index (κ1) is 16.1. The molecule has 1 fully saturated rings. The summed E-state index contributed by atoms with van der Waals surface area (Å²) in [7, 11) is 0. The highest BCUT2D eigenvalue weighted by molar-refractivity contribution is 5.47. The normalized spacial score (nSPS) is 16.2. The van der Waals surface area contributed by atoms with Gasteiger partial charge in [0.05, 0.1) is 0 Å². The Morgan fingerprint density at radius 3 is 2.38 bits per heavy atom. The molecule has 0 atom stereocenters. The average molecular weight is 290 g/mol. The van der Waals surface area contributed by atoms with Crippen LogP contribution in [0, 0.1) is 5.92 Å². The van der Waals surface area contributed by atoms with Gasteiger partial charge >= 0.3 is 0 Å². The molecule has 0 aliphatic heterocycles. The molecule has 1 aromatic heterocycles. The SMILES string of the molecule is CCNc1cc(NCCC2CCCCC2)nc(C(C)C)n1. The van der Waals surface area contributed by atoms with E-state index in [4.69, 9.17) is 0 Å². The molecule has 21 heavy (non-hydrogen) atoms. The first-order chi connectivity index (χ1) is 10.2. The molecular formula is C17H30N4. The maximum absolute atomic E-state index is 4.64. The van der Waals surface area contributed by atoms with Gasteiger partial charge in [0.2, 0.25) is 0 Å². The monoisotopic (exact) mass is 290 g/mol. The van der Waals surface area contributed by atoms with Crippen molar-refractivity contribution >= 4 is 11.6 Å². The van der Waals surface area contributed by atoms with Gasteiger partial charge in [-0.3, -0.25) is 0 Å². The molecule has 1 aliphatic rings. The van der Waals surface area contributed by atoms with E-state index in [1.807, 2.05) is 6.07 Å². The lowest BCUT2D eigenvalue weighted by atomic mass is 9.87. The zero-order valence-corrected chi connectivity index (χ0v) is 13.8. The molecule has 4 nitrogen and oxygen atoms in total. The van der Waals surface area contributed by atoms with E-state index in [-0.39, 0.29) is 0 Å². The Kier molecular flexibility index (Phi) is 6.27. The lowest BCUT2D eigenvalue weighted by Crippen LogP contribution is -2.14. The third kappa shape index (κ3) is 5.18. The van der Waals surface area contributed by atoms with Gasteiger partial charge in [-0.2, -0.15) is 0 Å². The lowest BCUT2D eigenvalue weighted by Gasteiger charge is -2.21. The molecule has 1 aromatic rings. The topological polar surface area (TPSA) is 49.8 Å². The van der Waals surface area contributed by atoms with Gasteiger partial charge in [-0.05, 0) is 19.3 Å². The molecule has 0 unspecified atom stereocenters. The first-order valence-electron chi connectivity index (χ1n) is 8.55. The molecule has 1 aliphatic carbocycles. The summed E-state index contributed by atoms with van der Waals surface area (Å²) in [5.74, 6) is 4.05. The fourth-order valence-electron chi connectivity index (χ4n) is 2.97. The second kappa shape index (κ2) is 8.20. The van der Waals surface area contributed by atoms with Crippen molar-refractivity contribution in [3.05, 3.63) is 11.9 Å². The van der Waals surface area contributed by atoms with Crippen LogP contribution >= 0.6 is 0 Å². The predicted molar refractivity (Wildman–Crippen MR) is 90.0 cm³/mol. The van der Waals surface area contributed by atoms with Crippen LogP contribution in [0.3, 0.4) is 0 Å². The Hall–Kier alpha value is -1.32. The highest BCUT2D eigenvalue weighted by Gasteiger charge is 2.13. The van der Waals surface area contributed by atoms with Gasteiger partial charge in [-0.15, -0.1) is 0 Å². The van der Waals surface area contributed by atoms with Crippen molar-refractivity contribution in [2.45, 2.75) is 65.2 Å². The third-order valence-electron chi connectivity index (χ3n) is 4.20. The molecule has 4 heteroatoms. The van der Waals surface area contributed by atoms with E-state index < -0.39 is 0 Å². The third-order valence-corrected chi connectivity index (χ3v) is 4.20. The molecule has 0 saturated heterocycles. The fourth-order valence-corrected chi connectivity index (χ4v) is 2.97. The second-order valence-electron chi connectivity index (χ2n) is 6.40. The van der Waals surface area contributed by atoms with E-state index in [1.165, 1.54) is 38.5 Å². The minimum atomic E-state index is 0.350. The summed E-state index contributed by atoms with van der Waals surface area (Å²) in [4.78, 5) is 9.19. The zero-order valence-electron chi connectivity index (χ0n) is 13.8. The molecule has 2 rings (SSSR count).